The maximum atomic E-state index is 11.1. The van der Waals surface area contributed by atoms with Crippen molar-refractivity contribution in [3.63, 3.8) is 0 Å². The maximum Gasteiger partial charge on any atom is 0.261 e. The number of oxime groups is 1. The number of aryl methyl sites for hydroxylation is 1. The number of pyridine rings is 1. The Bertz CT molecular complexity index is 725. The van der Waals surface area contributed by atoms with Crippen molar-refractivity contribution >= 4 is 23.0 Å². The molecule has 6 heteroatoms. The van der Waals surface area contributed by atoms with Crippen LogP contribution in [0.5, 0.6) is 0 Å². The molecular formula is C16H16N4O2. The second-order valence-corrected chi connectivity index (χ2v) is 5.13. The van der Waals surface area contributed by atoms with Crippen LogP contribution in [0.25, 0.3) is 0 Å². The summed E-state index contributed by atoms with van der Waals surface area (Å²) < 4.78 is 0. The molecule has 22 heavy (non-hydrogen) atoms. The molecule has 0 bridgehead atoms. The molecule has 0 aliphatic carbocycles. The number of amides is 1. The zero-order chi connectivity index (χ0) is 15.5. The molecule has 0 spiro atoms. The Labute approximate surface area is 128 Å². The standard InChI is InChI=1S/C16H16N4O2/c1-10-8-13(6-7-18-10)19-12-4-2-11(3-5-12)14-9-15(16(17)21)22-20-14/h2-8,15H,9H2,1H3,(H2,17,21)(H,18,19). The van der Waals surface area contributed by atoms with Gasteiger partial charge in [-0.2, -0.15) is 0 Å². The minimum absolute atomic E-state index is 0.408. The van der Waals surface area contributed by atoms with Crippen molar-refractivity contribution in [3.8, 4) is 0 Å². The highest BCUT2D eigenvalue weighted by atomic mass is 16.6. The van der Waals surface area contributed by atoms with E-state index in [0.717, 1.165) is 28.3 Å². The molecule has 3 N–H and O–H groups in total. The largest absolute Gasteiger partial charge is 0.382 e. The summed E-state index contributed by atoms with van der Waals surface area (Å²) in [5.41, 5.74) is 9.75. The van der Waals surface area contributed by atoms with Crippen LogP contribution in [0.3, 0.4) is 0 Å². The smallest absolute Gasteiger partial charge is 0.261 e. The number of carbonyl (C=O) groups is 1. The number of aromatic nitrogens is 1. The minimum atomic E-state index is -0.660. The van der Waals surface area contributed by atoms with Gasteiger partial charge in [-0.3, -0.25) is 9.78 Å². The number of benzene rings is 1. The van der Waals surface area contributed by atoms with E-state index in [4.69, 9.17) is 10.6 Å². The summed E-state index contributed by atoms with van der Waals surface area (Å²) in [6, 6.07) is 11.6. The first-order chi connectivity index (χ1) is 10.6. The van der Waals surface area contributed by atoms with Crippen LogP contribution in [-0.2, 0) is 9.63 Å². The van der Waals surface area contributed by atoms with E-state index in [9.17, 15) is 4.79 Å². The average molecular weight is 296 g/mol. The molecule has 0 fully saturated rings. The van der Waals surface area contributed by atoms with E-state index in [1.54, 1.807) is 6.20 Å². The van der Waals surface area contributed by atoms with E-state index < -0.39 is 12.0 Å². The van der Waals surface area contributed by atoms with Gasteiger partial charge in [-0.05, 0) is 36.8 Å². The Balaban J connectivity index is 1.70. The molecule has 6 nitrogen and oxygen atoms in total. The molecule has 0 saturated heterocycles. The van der Waals surface area contributed by atoms with Gasteiger partial charge in [0.15, 0.2) is 0 Å². The predicted molar refractivity (Wildman–Crippen MR) is 83.9 cm³/mol. The number of anilines is 2. The fourth-order valence-corrected chi connectivity index (χ4v) is 2.24. The van der Waals surface area contributed by atoms with Crippen LogP contribution in [0.4, 0.5) is 11.4 Å². The van der Waals surface area contributed by atoms with E-state index in [2.05, 4.69) is 15.5 Å². The highest BCUT2D eigenvalue weighted by molar-refractivity contribution is 6.04. The first-order valence-corrected chi connectivity index (χ1v) is 6.94. The lowest BCUT2D eigenvalue weighted by Crippen LogP contribution is -2.28. The first kappa shape index (κ1) is 14.1. The van der Waals surface area contributed by atoms with Crippen molar-refractivity contribution in [2.75, 3.05) is 5.32 Å². The van der Waals surface area contributed by atoms with E-state index in [0.29, 0.717) is 6.42 Å². The average Bonchev–Trinajstić information content (AvgIpc) is 2.98. The van der Waals surface area contributed by atoms with E-state index >= 15 is 0 Å². The molecule has 1 aliphatic rings. The SMILES string of the molecule is Cc1cc(Nc2ccc(C3=NOC(C(N)=O)C3)cc2)ccn1. The lowest BCUT2D eigenvalue weighted by Gasteiger charge is -2.07. The van der Waals surface area contributed by atoms with Crippen LogP contribution in [0.15, 0.2) is 47.8 Å². The van der Waals surface area contributed by atoms with E-state index in [1.165, 1.54) is 0 Å². The minimum Gasteiger partial charge on any atom is -0.382 e. The van der Waals surface area contributed by atoms with Crippen LogP contribution in [-0.4, -0.2) is 22.7 Å². The Morgan fingerprint density at radius 1 is 1.27 bits per heavy atom. The van der Waals surface area contributed by atoms with Crippen LogP contribution in [0, 0.1) is 6.92 Å². The number of hydrogen-bond donors (Lipinski definition) is 2. The van der Waals surface area contributed by atoms with E-state index in [-0.39, 0.29) is 0 Å². The van der Waals surface area contributed by atoms with E-state index in [1.807, 2.05) is 43.3 Å². The Hall–Kier alpha value is -2.89. The summed E-state index contributed by atoms with van der Waals surface area (Å²) in [4.78, 5) is 20.2. The third kappa shape index (κ3) is 3.06. The topological polar surface area (TPSA) is 89.6 Å². The maximum absolute atomic E-state index is 11.1. The summed E-state index contributed by atoms with van der Waals surface area (Å²) in [5.74, 6) is -0.495. The van der Waals surface area contributed by atoms with Gasteiger partial charge < -0.3 is 15.9 Å². The lowest BCUT2D eigenvalue weighted by molar-refractivity contribution is -0.127. The van der Waals surface area contributed by atoms with Crippen molar-refractivity contribution in [1.29, 1.82) is 0 Å². The van der Waals surface area contributed by atoms with Crippen molar-refractivity contribution < 1.29 is 9.63 Å². The van der Waals surface area contributed by atoms with Crippen LogP contribution in [0.1, 0.15) is 17.7 Å². The normalized spacial score (nSPS) is 16.8. The summed E-state index contributed by atoms with van der Waals surface area (Å²) in [5, 5.41) is 7.23. The van der Waals surface area contributed by atoms with Gasteiger partial charge in [0, 0.05) is 29.7 Å². The molecule has 1 amide bonds. The van der Waals surface area contributed by atoms with Crippen molar-refractivity contribution in [1.82, 2.24) is 4.98 Å². The van der Waals surface area contributed by atoms with Gasteiger partial charge in [0.05, 0.1) is 5.71 Å². The molecule has 112 valence electrons. The summed E-state index contributed by atoms with van der Waals surface area (Å²) in [6.07, 6.45) is 1.51. The van der Waals surface area contributed by atoms with Gasteiger partial charge >= 0.3 is 0 Å². The first-order valence-electron chi connectivity index (χ1n) is 6.94. The number of nitrogens with zero attached hydrogens (tertiary/aromatic N) is 2. The van der Waals surface area contributed by atoms with Gasteiger partial charge in [0.1, 0.15) is 0 Å². The molecule has 1 unspecified atom stereocenters. The molecule has 2 heterocycles. The lowest BCUT2D eigenvalue weighted by atomic mass is 10.0. The predicted octanol–water partition coefficient (Wildman–Crippen LogP) is 2.11. The third-order valence-electron chi connectivity index (χ3n) is 3.39. The molecule has 1 aromatic heterocycles. The molecule has 0 saturated carbocycles. The van der Waals surface area contributed by atoms with Gasteiger partial charge in [-0.25, -0.2) is 0 Å². The van der Waals surface area contributed by atoms with Crippen molar-refractivity contribution in [3.05, 3.63) is 53.9 Å². The molecule has 1 aromatic carbocycles. The Morgan fingerprint density at radius 2 is 2.05 bits per heavy atom. The van der Waals surface area contributed by atoms with Crippen molar-refractivity contribution in [2.45, 2.75) is 19.4 Å². The van der Waals surface area contributed by atoms with Gasteiger partial charge in [-0.1, -0.05) is 17.3 Å². The number of hydrogen-bond acceptors (Lipinski definition) is 5. The third-order valence-corrected chi connectivity index (χ3v) is 3.39. The number of nitrogens with two attached hydrogens (primary N) is 1. The summed E-state index contributed by atoms with van der Waals surface area (Å²) in [6.45, 7) is 1.95. The molecule has 3 rings (SSSR count). The number of carbonyl (C=O) groups excluding carboxylic acids is 1. The fourth-order valence-electron chi connectivity index (χ4n) is 2.24. The van der Waals surface area contributed by atoms with Gasteiger partial charge in [0.2, 0.25) is 6.10 Å². The zero-order valence-corrected chi connectivity index (χ0v) is 12.1. The van der Waals surface area contributed by atoms with Gasteiger partial charge in [-0.15, -0.1) is 0 Å². The highest BCUT2D eigenvalue weighted by Crippen LogP contribution is 2.20. The quantitative estimate of drug-likeness (QED) is 0.904. The second-order valence-electron chi connectivity index (χ2n) is 5.13. The molecule has 1 aliphatic heterocycles. The van der Waals surface area contributed by atoms with Gasteiger partial charge in [0.25, 0.3) is 5.91 Å². The number of nitrogens with one attached hydrogen (secondary N) is 1. The van der Waals surface area contributed by atoms with Crippen molar-refractivity contribution in [2.24, 2.45) is 10.9 Å². The molecule has 1 atom stereocenters. The summed E-state index contributed by atoms with van der Waals surface area (Å²) >= 11 is 0. The fraction of sp³-hybridized carbons (Fsp3) is 0.188. The zero-order valence-electron chi connectivity index (χ0n) is 12.1. The Kier molecular flexibility index (Phi) is 3.74. The van der Waals surface area contributed by atoms with Crippen LogP contribution in [0.2, 0.25) is 0 Å². The molecule has 2 aromatic rings. The highest BCUT2D eigenvalue weighted by Gasteiger charge is 2.26. The summed E-state index contributed by atoms with van der Waals surface area (Å²) in [7, 11) is 0. The molecule has 0 radical (unpaired) electrons. The van der Waals surface area contributed by atoms with Crippen LogP contribution >= 0.6 is 0 Å². The Morgan fingerprint density at radius 3 is 2.68 bits per heavy atom. The second kappa shape index (κ2) is 5.85. The molecular weight excluding hydrogens is 280 g/mol. The number of rotatable bonds is 4. The monoisotopic (exact) mass is 296 g/mol. The number of primary amides is 1. The van der Waals surface area contributed by atoms with Crippen LogP contribution < -0.4 is 11.1 Å².